The summed E-state index contributed by atoms with van der Waals surface area (Å²) in [5.74, 6) is -1.76. The lowest BCUT2D eigenvalue weighted by Crippen LogP contribution is -2.41. The molecule has 1 amide bonds. The Balaban J connectivity index is 3.04. The molecular formula is C12H14NO3-. The summed E-state index contributed by atoms with van der Waals surface area (Å²) in [5, 5.41) is 13.5. The second-order valence-corrected chi connectivity index (χ2v) is 4.54. The summed E-state index contributed by atoms with van der Waals surface area (Å²) < 4.78 is 0. The van der Waals surface area contributed by atoms with Gasteiger partial charge in [-0.1, -0.05) is 18.2 Å². The van der Waals surface area contributed by atoms with Gasteiger partial charge in [-0.2, -0.15) is 0 Å². The molecule has 16 heavy (non-hydrogen) atoms. The summed E-state index contributed by atoms with van der Waals surface area (Å²) in [7, 11) is 0. The molecule has 4 heteroatoms. The molecular weight excluding hydrogens is 206 g/mol. The molecule has 0 aliphatic rings. The number of carbonyl (C=O) groups excluding carboxylic acids is 2. The Morgan fingerprint density at radius 3 is 2.06 bits per heavy atom. The first-order valence-corrected chi connectivity index (χ1v) is 4.94. The number of benzene rings is 1. The fraction of sp³-hybridized carbons (Fsp3) is 0.333. The summed E-state index contributed by atoms with van der Waals surface area (Å²) in [6.07, 6.45) is 0. The van der Waals surface area contributed by atoms with E-state index in [0.29, 0.717) is 0 Å². The highest BCUT2D eigenvalue weighted by Crippen LogP contribution is 2.09. The monoisotopic (exact) mass is 220 g/mol. The molecule has 0 radical (unpaired) electrons. The summed E-state index contributed by atoms with van der Waals surface area (Å²) in [5.41, 5.74) is -0.377. The third-order valence-corrected chi connectivity index (χ3v) is 1.88. The summed E-state index contributed by atoms with van der Waals surface area (Å²) >= 11 is 0. The highest BCUT2D eigenvalue weighted by atomic mass is 16.4. The van der Waals surface area contributed by atoms with Crippen LogP contribution >= 0.6 is 0 Å². The molecule has 0 bridgehead atoms. The molecule has 1 rings (SSSR count). The van der Waals surface area contributed by atoms with Crippen molar-refractivity contribution in [2.24, 2.45) is 0 Å². The maximum absolute atomic E-state index is 11.8. The van der Waals surface area contributed by atoms with Crippen LogP contribution in [-0.4, -0.2) is 17.4 Å². The normalized spacial score (nSPS) is 10.9. The minimum absolute atomic E-state index is 0.0933. The number of nitrogens with one attached hydrogen (secondary N) is 1. The second-order valence-electron chi connectivity index (χ2n) is 4.54. The minimum Gasteiger partial charge on any atom is -0.545 e. The molecule has 1 N–H and O–H groups in total. The third kappa shape index (κ3) is 3.08. The van der Waals surface area contributed by atoms with Gasteiger partial charge >= 0.3 is 0 Å². The van der Waals surface area contributed by atoms with E-state index in [4.69, 9.17) is 0 Å². The number of carbonyl (C=O) groups is 2. The smallest absolute Gasteiger partial charge is 0.252 e. The van der Waals surface area contributed by atoms with Crippen molar-refractivity contribution in [2.45, 2.75) is 26.3 Å². The fourth-order valence-corrected chi connectivity index (χ4v) is 1.27. The lowest BCUT2D eigenvalue weighted by Gasteiger charge is -2.21. The largest absolute Gasteiger partial charge is 0.545 e. The van der Waals surface area contributed by atoms with E-state index in [0.717, 1.165) is 0 Å². The van der Waals surface area contributed by atoms with E-state index in [2.05, 4.69) is 5.32 Å². The molecule has 0 spiro atoms. The Bertz CT molecular complexity index is 419. The highest BCUT2D eigenvalue weighted by Gasteiger charge is 2.17. The SMILES string of the molecule is CC(C)(C)NC(=O)c1ccccc1C(=O)[O-]. The average Bonchev–Trinajstić information content (AvgIpc) is 2.15. The van der Waals surface area contributed by atoms with E-state index in [1.54, 1.807) is 12.1 Å². The van der Waals surface area contributed by atoms with Crippen LogP contribution in [0.5, 0.6) is 0 Å². The fourth-order valence-electron chi connectivity index (χ4n) is 1.27. The van der Waals surface area contributed by atoms with Crippen molar-refractivity contribution in [3.63, 3.8) is 0 Å². The zero-order valence-electron chi connectivity index (χ0n) is 9.53. The Hall–Kier alpha value is -1.84. The molecule has 0 saturated heterocycles. The summed E-state index contributed by atoms with van der Waals surface area (Å²) in [6.45, 7) is 5.48. The maximum atomic E-state index is 11.8. The van der Waals surface area contributed by atoms with Crippen LogP contribution in [0.2, 0.25) is 0 Å². The summed E-state index contributed by atoms with van der Waals surface area (Å²) in [4.78, 5) is 22.6. The van der Waals surface area contributed by atoms with Crippen LogP contribution in [0.4, 0.5) is 0 Å². The zero-order chi connectivity index (χ0) is 12.3. The van der Waals surface area contributed by atoms with E-state index in [-0.39, 0.29) is 11.1 Å². The quantitative estimate of drug-likeness (QED) is 0.792. The van der Waals surface area contributed by atoms with E-state index >= 15 is 0 Å². The number of hydrogen-bond acceptors (Lipinski definition) is 3. The van der Waals surface area contributed by atoms with Crippen molar-refractivity contribution in [2.75, 3.05) is 0 Å². The lowest BCUT2D eigenvalue weighted by molar-refractivity contribution is -0.255. The van der Waals surface area contributed by atoms with Crippen molar-refractivity contribution < 1.29 is 14.7 Å². The predicted octanol–water partition coefficient (Wildman–Crippen LogP) is 0.578. The van der Waals surface area contributed by atoms with E-state index in [1.165, 1.54) is 12.1 Å². The average molecular weight is 220 g/mol. The van der Waals surface area contributed by atoms with Gasteiger partial charge in [0.25, 0.3) is 5.91 Å². The van der Waals surface area contributed by atoms with Crippen LogP contribution in [0.1, 0.15) is 41.5 Å². The number of carboxylic acid groups (broad SMARTS) is 1. The topological polar surface area (TPSA) is 69.2 Å². The first kappa shape index (κ1) is 12.2. The Labute approximate surface area is 94.3 Å². The van der Waals surface area contributed by atoms with Gasteiger partial charge in [-0.05, 0) is 26.8 Å². The molecule has 4 nitrogen and oxygen atoms in total. The van der Waals surface area contributed by atoms with Crippen molar-refractivity contribution in [3.05, 3.63) is 35.4 Å². The van der Waals surface area contributed by atoms with Gasteiger partial charge in [-0.3, -0.25) is 4.79 Å². The highest BCUT2D eigenvalue weighted by molar-refractivity contribution is 6.04. The van der Waals surface area contributed by atoms with E-state index in [1.807, 2.05) is 20.8 Å². The van der Waals surface area contributed by atoms with Gasteiger partial charge in [-0.25, -0.2) is 0 Å². The van der Waals surface area contributed by atoms with Crippen LogP contribution in [-0.2, 0) is 0 Å². The number of amides is 1. The van der Waals surface area contributed by atoms with Crippen LogP contribution < -0.4 is 10.4 Å². The number of carboxylic acids is 1. The van der Waals surface area contributed by atoms with Gasteiger partial charge in [0, 0.05) is 16.7 Å². The Morgan fingerprint density at radius 1 is 1.12 bits per heavy atom. The van der Waals surface area contributed by atoms with Crippen molar-refractivity contribution in [1.29, 1.82) is 0 Å². The van der Waals surface area contributed by atoms with Crippen LogP contribution in [0.15, 0.2) is 24.3 Å². The van der Waals surface area contributed by atoms with Gasteiger partial charge < -0.3 is 15.2 Å². The lowest BCUT2D eigenvalue weighted by atomic mass is 10.0. The Kier molecular flexibility index (Phi) is 3.32. The number of rotatable bonds is 2. The van der Waals surface area contributed by atoms with Crippen molar-refractivity contribution >= 4 is 11.9 Å². The standard InChI is InChI=1S/C12H15NO3/c1-12(2,3)13-10(14)8-6-4-5-7-9(8)11(15)16/h4-7H,1-3H3,(H,13,14)(H,15,16)/p-1. The van der Waals surface area contributed by atoms with Gasteiger partial charge in [0.1, 0.15) is 0 Å². The Morgan fingerprint density at radius 2 is 1.62 bits per heavy atom. The third-order valence-electron chi connectivity index (χ3n) is 1.88. The van der Waals surface area contributed by atoms with Gasteiger partial charge in [-0.15, -0.1) is 0 Å². The zero-order valence-corrected chi connectivity index (χ0v) is 9.53. The molecule has 0 aromatic heterocycles. The molecule has 0 atom stereocenters. The van der Waals surface area contributed by atoms with Crippen LogP contribution in [0.25, 0.3) is 0 Å². The molecule has 86 valence electrons. The first-order chi connectivity index (χ1) is 7.31. The van der Waals surface area contributed by atoms with Gasteiger partial charge in [0.2, 0.25) is 0 Å². The van der Waals surface area contributed by atoms with Crippen LogP contribution in [0, 0.1) is 0 Å². The molecule has 0 fully saturated rings. The van der Waals surface area contributed by atoms with E-state index in [9.17, 15) is 14.7 Å². The molecule has 0 unspecified atom stereocenters. The predicted molar refractivity (Wildman–Crippen MR) is 58.0 cm³/mol. The summed E-state index contributed by atoms with van der Waals surface area (Å²) in [6, 6.07) is 5.99. The molecule has 0 saturated carbocycles. The van der Waals surface area contributed by atoms with Gasteiger partial charge in [0.15, 0.2) is 0 Å². The molecule has 1 aromatic rings. The van der Waals surface area contributed by atoms with Crippen molar-refractivity contribution in [3.8, 4) is 0 Å². The maximum Gasteiger partial charge on any atom is 0.252 e. The van der Waals surface area contributed by atoms with Crippen molar-refractivity contribution in [1.82, 2.24) is 5.32 Å². The molecule has 1 aromatic carbocycles. The van der Waals surface area contributed by atoms with E-state index < -0.39 is 17.4 Å². The molecule has 0 aliphatic heterocycles. The molecule has 0 aliphatic carbocycles. The number of hydrogen-bond donors (Lipinski definition) is 1. The number of aromatic carboxylic acids is 1. The minimum atomic E-state index is -1.35. The van der Waals surface area contributed by atoms with Gasteiger partial charge in [0.05, 0.1) is 5.97 Å². The second kappa shape index (κ2) is 4.35. The first-order valence-electron chi connectivity index (χ1n) is 4.94. The molecule has 0 heterocycles. The van der Waals surface area contributed by atoms with Crippen LogP contribution in [0.3, 0.4) is 0 Å².